The number of esters is 1. The van der Waals surface area contributed by atoms with Crippen LogP contribution in [0.5, 0.6) is 0 Å². The lowest BCUT2D eigenvalue weighted by Gasteiger charge is -2.05. The lowest BCUT2D eigenvalue weighted by atomic mass is 10.1. The molecular formula is C11H7ClFNO2. The average Bonchev–Trinajstić information content (AvgIpc) is 2.30. The number of rotatable bonds is 1. The highest BCUT2D eigenvalue weighted by Crippen LogP contribution is 2.27. The first kappa shape index (κ1) is 10.8. The SMILES string of the molecule is COC(=O)c1cnc2c(F)cccc2c1Cl. The molecule has 0 saturated carbocycles. The Hall–Kier alpha value is -1.68. The van der Waals surface area contributed by atoms with E-state index in [0.717, 1.165) is 0 Å². The van der Waals surface area contributed by atoms with Crippen molar-refractivity contribution in [3.05, 3.63) is 40.8 Å². The van der Waals surface area contributed by atoms with E-state index in [1.807, 2.05) is 0 Å². The Labute approximate surface area is 95.8 Å². The summed E-state index contributed by atoms with van der Waals surface area (Å²) in [5.41, 5.74) is 0.266. The average molecular weight is 240 g/mol. The summed E-state index contributed by atoms with van der Waals surface area (Å²) in [6.07, 6.45) is 1.21. The standard InChI is InChI=1S/C11H7ClFNO2/c1-16-11(15)7-5-14-10-6(9(7)12)3-2-4-8(10)13/h2-5H,1H3. The molecule has 0 radical (unpaired) electrons. The number of pyridine rings is 1. The number of aromatic nitrogens is 1. The van der Waals surface area contributed by atoms with Crippen LogP contribution in [0, 0.1) is 5.82 Å². The van der Waals surface area contributed by atoms with Crippen LogP contribution in [0.25, 0.3) is 10.9 Å². The fraction of sp³-hybridized carbons (Fsp3) is 0.0909. The van der Waals surface area contributed by atoms with Crippen molar-refractivity contribution in [2.24, 2.45) is 0 Å². The maximum Gasteiger partial charge on any atom is 0.340 e. The van der Waals surface area contributed by atoms with Gasteiger partial charge < -0.3 is 4.74 Å². The summed E-state index contributed by atoms with van der Waals surface area (Å²) in [5, 5.41) is 0.543. The van der Waals surface area contributed by atoms with Crippen molar-refractivity contribution in [3.8, 4) is 0 Å². The molecule has 1 aromatic heterocycles. The van der Waals surface area contributed by atoms with Gasteiger partial charge in [-0.1, -0.05) is 23.7 Å². The fourth-order valence-electron chi connectivity index (χ4n) is 1.41. The Bertz CT molecular complexity index is 571. The second-order valence-electron chi connectivity index (χ2n) is 3.11. The third-order valence-electron chi connectivity index (χ3n) is 2.19. The number of nitrogens with zero attached hydrogens (tertiary/aromatic N) is 1. The van der Waals surface area contributed by atoms with E-state index in [0.29, 0.717) is 5.39 Å². The van der Waals surface area contributed by atoms with Crippen LogP contribution in [0.15, 0.2) is 24.4 Å². The van der Waals surface area contributed by atoms with Crippen molar-refractivity contribution in [3.63, 3.8) is 0 Å². The van der Waals surface area contributed by atoms with Gasteiger partial charge in [0, 0.05) is 11.6 Å². The third-order valence-corrected chi connectivity index (χ3v) is 2.59. The molecule has 5 heteroatoms. The van der Waals surface area contributed by atoms with Gasteiger partial charge in [0.05, 0.1) is 17.7 Å². The van der Waals surface area contributed by atoms with Crippen LogP contribution in [0.3, 0.4) is 0 Å². The van der Waals surface area contributed by atoms with Crippen molar-refractivity contribution < 1.29 is 13.9 Å². The minimum atomic E-state index is -0.594. The van der Waals surface area contributed by atoms with Crippen LogP contribution >= 0.6 is 11.6 Å². The first-order valence-corrected chi connectivity index (χ1v) is 4.84. The van der Waals surface area contributed by atoms with E-state index in [1.165, 1.54) is 25.4 Å². The highest BCUT2D eigenvalue weighted by Gasteiger charge is 2.15. The summed E-state index contributed by atoms with van der Waals surface area (Å²) < 4.78 is 17.9. The number of methoxy groups -OCH3 is 1. The molecule has 0 spiro atoms. The molecule has 0 saturated heterocycles. The van der Waals surface area contributed by atoms with Crippen LogP contribution in [0.1, 0.15) is 10.4 Å². The lowest BCUT2D eigenvalue weighted by Crippen LogP contribution is -2.03. The van der Waals surface area contributed by atoms with E-state index < -0.39 is 11.8 Å². The van der Waals surface area contributed by atoms with Gasteiger partial charge in [0.15, 0.2) is 0 Å². The van der Waals surface area contributed by atoms with E-state index in [2.05, 4.69) is 9.72 Å². The molecule has 1 heterocycles. The van der Waals surface area contributed by atoms with Gasteiger partial charge in [-0.2, -0.15) is 0 Å². The minimum absolute atomic E-state index is 0.127. The van der Waals surface area contributed by atoms with E-state index in [4.69, 9.17) is 11.6 Å². The van der Waals surface area contributed by atoms with E-state index in [9.17, 15) is 9.18 Å². The van der Waals surface area contributed by atoms with Gasteiger partial charge in [-0.25, -0.2) is 9.18 Å². The van der Waals surface area contributed by atoms with Crippen molar-refractivity contribution in [2.75, 3.05) is 7.11 Å². The van der Waals surface area contributed by atoms with Gasteiger partial charge in [0.25, 0.3) is 0 Å². The minimum Gasteiger partial charge on any atom is -0.465 e. The van der Waals surface area contributed by atoms with Crippen LogP contribution in [0.2, 0.25) is 5.02 Å². The monoisotopic (exact) mass is 239 g/mol. The Kier molecular flexibility index (Phi) is 2.75. The predicted octanol–water partition coefficient (Wildman–Crippen LogP) is 2.81. The highest BCUT2D eigenvalue weighted by molar-refractivity contribution is 6.38. The van der Waals surface area contributed by atoms with E-state index in [1.54, 1.807) is 6.07 Å². The van der Waals surface area contributed by atoms with Crippen molar-refractivity contribution in [1.29, 1.82) is 0 Å². The van der Waals surface area contributed by atoms with Gasteiger partial charge in [-0.05, 0) is 6.07 Å². The van der Waals surface area contributed by atoms with Crippen molar-refractivity contribution in [2.45, 2.75) is 0 Å². The van der Waals surface area contributed by atoms with Gasteiger partial charge in [0.2, 0.25) is 0 Å². The van der Waals surface area contributed by atoms with Crippen LogP contribution < -0.4 is 0 Å². The van der Waals surface area contributed by atoms with Gasteiger partial charge in [-0.15, -0.1) is 0 Å². The lowest BCUT2D eigenvalue weighted by molar-refractivity contribution is 0.0600. The molecule has 0 bridgehead atoms. The molecule has 0 amide bonds. The number of ether oxygens (including phenoxy) is 1. The van der Waals surface area contributed by atoms with Gasteiger partial charge in [-0.3, -0.25) is 4.98 Å². The molecule has 1 aromatic carbocycles. The molecule has 0 aliphatic heterocycles. The molecule has 82 valence electrons. The molecule has 2 aromatic rings. The molecule has 2 rings (SSSR count). The zero-order valence-electron chi connectivity index (χ0n) is 8.33. The zero-order chi connectivity index (χ0) is 11.7. The topological polar surface area (TPSA) is 39.2 Å². The van der Waals surface area contributed by atoms with Crippen LogP contribution in [-0.2, 0) is 4.74 Å². The summed E-state index contributed by atoms with van der Waals surface area (Å²) in [7, 11) is 1.24. The smallest absolute Gasteiger partial charge is 0.340 e. The Morgan fingerprint density at radius 1 is 1.50 bits per heavy atom. The Morgan fingerprint density at radius 3 is 2.94 bits per heavy atom. The summed E-state index contributed by atoms with van der Waals surface area (Å²) in [6.45, 7) is 0. The molecule has 0 N–H and O–H groups in total. The summed E-state index contributed by atoms with van der Waals surface area (Å²) >= 11 is 5.98. The van der Waals surface area contributed by atoms with Gasteiger partial charge >= 0.3 is 5.97 Å². The second kappa shape index (κ2) is 4.06. The predicted molar refractivity (Wildman–Crippen MR) is 58.1 cm³/mol. The molecule has 0 aliphatic rings. The first-order valence-electron chi connectivity index (χ1n) is 4.46. The quantitative estimate of drug-likeness (QED) is 0.719. The number of hydrogen-bond acceptors (Lipinski definition) is 3. The number of halogens is 2. The van der Waals surface area contributed by atoms with E-state index in [-0.39, 0.29) is 16.1 Å². The summed E-state index contributed by atoms with van der Waals surface area (Å²) in [6, 6.07) is 4.38. The molecule has 0 atom stereocenters. The highest BCUT2D eigenvalue weighted by atomic mass is 35.5. The van der Waals surface area contributed by atoms with Gasteiger partial charge in [0.1, 0.15) is 11.3 Å². The normalized spacial score (nSPS) is 10.4. The van der Waals surface area contributed by atoms with Crippen LogP contribution in [-0.4, -0.2) is 18.1 Å². The molecular weight excluding hydrogens is 233 g/mol. The number of carbonyl (C=O) groups is 1. The maximum absolute atomic E-state index is 13.3. The zero-order valence-corrected chi connectivity index (χ0v) is 9.08. The first-order chi connectivity index (χ1) is 7.65. The molecule has 0 aliphatic carbocycles. The number of carbonyl (C=O) groups excluding carboxylic acids is 1. The fourth-order valence-corrected chi connectivity index (χ4v) is 1.69. The maximum atomic E-state index is 13.3. The van der Waals surface area contributed by atoms with E-state index >= 15 is 0 Å². The summed E-state index contributed by atoms with van der Waals surface area (Å²) in [4.78, 5) is 15.2. The molecule has 3 nitrogen and oxygen atoms in total. The van der Waals surface area contributed by atoms with Crippen molar-refractivity contribution in [1.82, 2.24) is 4.98 Å². The Morgan fingerprint density at radius 2 is 2.25 bits per heavy atom. The number of benzene rings is 1. The van der Waals surface area contributed by atoms with Crippen LogP contribution in [0.4, 0.5) is 4.39 Å². The third kappa shape index (κ3) is 1.61. The molecule has 16 heavy (non-hydrogen) atoms. The molecule has 0 unspecified atom stereocenters. The number of para-hydroxylation sites is 1. The van der Waals surface area contributed by atoms with Crippen molar-refractivity contribution >= 4 is 28.5 Å². The summed E-state index contributed by atoms with van der Waals surface area (Å²) in [5.74, 6) is -1.07. The number of hydrogen-bond donors (Lipinski definition) is 0. The largest absolute Gasteiger partial charge is 0.465 e. The molecule has 0 fully saturated rings. The number of fused-ring (bicyclic) bond motifs is 1. The Balaban J connectivity index is 2.75. The second-order valence-corrected chi connectivity index (χ2v) is 3.49.